The van der Waals surface area contributed by atoms with E-state index in [9.17, 15) is 0 Å². The maximum absolute atomic E-state index is 5.66. The fourth-order valence-electron chi connectivity index (χ4n) is 1.31. The van der Waals surface area contributed by atoms with E-state index in [1.165, 1.54) is 0 Å². The van der Waals surface area contributed by atoms with Crippen LogP contribution in [0.4, 0.5) is 5.69 Å². The zero-order valence-electron chi connectivity index (χ0n) is 9.45. The zero-order valence-corrected chi connectivity index (χ0v) is 9.45. The standard InChI is InChI=1S/C12H19NO2/c1-3-4-7-15-9-10-5-6-11(13)8-12(10)14-2/h5-6,8H,3-4,7,9,13H2,1-2H3. The molecule has 3 nitrogen and oxygen atoms in total. The fraction of sp³-hybridized carbons (Fsp3) is 0.500. The van der Waals surface area contributed by atoms with Crippen LogP contribution in [0.1, 0.15) is 25.3 Å². The van der Waals surface area contributed by atoms with E-state index in [1.54, 1.807) is 7.11 Å². The summed E-state index contributed by atoms with van der Waals surface area (Å²) in [5, 5.41) is 0. The molecule has 3 heteroatoms. The molecule has 1 aromatic rings. The lowest BCUT2D eigenvalue weighted by Gasteiger charge is -2.09. The Morgan fingerprint density at radius 3 is 2.80 bits per heavy atom. The van der Waals surface area contributed by atoms with Crippen LogP contribution in [0.25, 0.3) is 0 Å². The smallest absolute Gasteiger partial charge is 0.126 e. The fourth-order valence-corrected chi connectivity index (χ4v) is 1.31. The topological polar surface area (TPSA) is 44.5 Å². The summed E-state index contributed by atoms with van der Waals surface area (Å²) in [5.41, 5.74) is 7.42. The van der Waals surface area contributed by atoms with Gasteiger partial charge in [0.1, 0.15) is 5.75 Å². The molecule has 0 aliphatic carbocycles. The molecule has 0 aliphatic rings. The summed E-state index contributed by atoms with van der Waals surface area (Å²) in [5.74, 6) is 0.798. The predicted molar refractivity (Wildman–Crippen MR) is 62.0 cm³/mol. The summed E-state index contributed by atoms with van der Waals surface area (Å²) in [7, 11) is 1.64. The SMILES string of the molecule is CCCCOCc1ccc(N)cc1OC. The van der Waals surface area contributed by atoms with Gasteiger partial charge in [-0.2, -0.15) is 0 Å². The highest BCUT2D eigenvalue weighted by Crippen LogP contribution is 2.22. The molecule has 0 spiro atoms. The molecule has 0 aromatic heterocycles. The van der Waals surface area contributed by atoms with Crippen LogP contribution in [0.3, 0.4) is 0 Å². The van der Waals surface area contributed by atoms with Crippen molar-refractivity contribution in [3.05, 3.63) is 23.8 Å². The van der Waals surface area contributed by atoms with Gasteiger partial charge in [-0.15, -0.1) is 0 Å². The van der Waals surface area contributed by atoms with Crippen LogP contribution in [0, 0.1) is 0 Å². The number of methoxy groups -OCH3 is 1. The summed E-state index contributed by atoms with van der Waals surface area (Å²) in [6.45, 7) is 3.53. The van der Waals surface area contributed by atoms with Gasteiger partial charge < -0.3 is 15.2 Å². The molecule has 0 aliphatic heterocycles. The molecule has 15 heavy (non-hydrogen) atoms. The van der Waals surface area contributed by atoms with E-state index in [0.717, 1.165) is 30.8 Å². The highest BCUT2D eigenvalue weighted by atomic mass is 16.5. The second-order valence-corrected chi connectivity index (χ2v) is 3.48. The van der Waals surface area contributed by atoms with Crippen molar-refractivity contribution in [2.45, 2.75) is 26.4 Å². The Labute approximate surface area is 91.2 Å². The average Bonchev–Trinajstić information content (AvgIpc) is 2.26. The normalized spacial score (nSPS) is 10.3. The van der Waals surface area contributed by atoms with Crippen LogP contribution in [0.5, 0.6) is 5.75 Å². The summed E-state index contributed by atoms with van der Waals surface area (Å²) < 4.78 is 10.7. The Morgan fingerprint density at radius 1 is 1.33 bits per heavy atom. The molecule has 0 atom stereocenters. The monoisotopic (exact) mass is 209 g/mol. The molecular weight excluding hydrogens is 190 g/mol. The minimum absolute atomic E-state index is 0.587. The molecule has 0 fully saturated rings. The number of anilines is 1. The average molecular weight is 209 g/mol. The van der Waals surface area contributed by atoms with E-state index in [1.807, 2.05) is 18.2 Å². The van der Waals surface area contributed by atoms with Gasteiger partial charge in [-0.05, 0) is 12.5 Å². The third-order valence-corrected chi connectivity index (χ3v) is 2.21. The first-order valence-electron chi connectivity index (χ1n) is 5.28. The Kier molecular flexibility index (Phi) is 4.98. The lowest BCUT2D eigenvalue weighted by molar-refractivity contribution is 0.116. The molecule has 1 rings (SSSR count). The van der Waals surface area contributed by atoms with Crippen LogP contribution in [-0.4, -0.2) is 13.7 Å². The van der Waals surface area contributed by atoms with Crippen molar-refractivity contribution in [3.8, 4) is 5.75 Å². The Morgan fingerprint density at radius 2 is 2.13 bits per heavy atom. The number of nitrogens with two attached hydrogens (primary N) is 1. The Bertz CT molecular complexity index is 300. The first kappa shape index (κ1) is 11.9. The molecule has 0 amide bonds. The van der Waals surface area contributed by atoms with Crippen LogP contribution in [0.2, 0.25) is 0 Å². The number of benzene rings is 1. The minimum Gasteiger partial charge on any atom is -0.496 e. The molecule has 0 saturated carbocycles. The number of hydrogen-bond donors (Lipinski definition) is 1. The van der Waals surface area contributed by atoms with Crippen molar-refractivity contribution in [2.75, 3.05) is 19.5 Å². The lowest BCUT2D eigenvalue weighted by Crippen LogP contribution is -1.99. The van der Waals surface area contributed by atoms with Crippen molar-refractivity contribution in [1.29, 1.82) is 0 Å². The van der Waals surface area contributed by atoms with Gasteiger partial charge in [0.15, 0.2) is 0 Å². The number of rotatable bonds is 6. The largest absolute Gasteiger partial charge is 0.496 e. The van der Waals surface area contributed by atoms with Gasteiger partial charge in [0.25, 0.3) is 0 Å². The molecule has 1 aromatic carbocycles. The molecule has 0 saturated heterocycles. The zero-order chi connectivity index (χ0) is 11.1. The summed E-state index contributed by atoms with van der Waals surface area (Å²) in [4.78, 5) is 0. The van der Waals surface area contributed by atoms with Crippen molar-refractivity contribution in [3.63, 3.8) is 0 Å². The van der Waals surface area contributed by atoms with E-state index in [0.29, 0.717) is 12.3 Å². The van der Waals surface area contributed by atoms with Crippen LogP contribution in [0.15, 0.2) is 18.2 Å². The highest BCUT2D eigenvalue weighted by Gasteiger charge is 2.02. The summed E-state index contributed by atoms with van der Waals surface area (Å²) in [6, 6.07) is 5.62. The number of ether oxygens (including phenoxy) is 2. The number of unbranched alkanes of at least 4 members (excludes halogenated alkanes) is 1. The van der Waals surface area contributed by atoms with E-state index in [2.05, 4.69) is 6.92 Å². The number of nitrogen functional groups attached to an aromatic ring is 1. The highest BCUT2D eigenvalue weighted by molar-refractivity contribution is 5.48. The third kappa shape index (κ3) is 3.80. The van der Waals surface area contributed by atoms with Gasteiger partial charge >= 0.3 is 0 Å². The first-order valence-corrected chi connectivity index (χ1v) is 5.28. The molecule has 2 N–H and O–H groups in total. The summed E-state index contributed by atoms with van der Waals surface area (Å²) >= 11 is 0. The van der Waals surface area contributed by atoms with E-state index in [-0.39, 0.29) is 0 Å². The third-order valence-electron chi connectivity index (χ3n) is 2.21. The predicted octanol–water partition coefficient (Wildman–Crippen LogP) is 2.59. The van der Waals surface area contributed by atoms with Crippen molar-refractivity contribution in [1.82, 2.24) is 0 Å². The molecule has 0 heterocycles. The molecule has 0 radical (unpaired) electrons. The second kappa shape index (κ2) is 6.30. The second-order valence-electron chi connectivity index (χ2n) is 3.48. The van der Waals surface area contributed by atoms with Gasteiger partial charge in [-0.3, -0.25) is 0 Å². The summed E-state index contributed by atoms with van der Waals surface area (Å²) in [6.07, 6.45) is 2.25. The van der Waals surface area contributed by atoms with Crippen molar-refractivity contribution >= 4 is 5.69 Å². The molecular formula is C12H19NO2. The maximum atomic E-state index is 5.66. The minimum atomic E-state index is 0.587. The van der Waals surface area contributed by atoms with Crippen LogP contribution in [-0.2, 0) is 11.3 Å². The molecule has 0 unspecified atom stereocenters. The lowest BCUT2D eigenvalue weighted by atomic mass is 10.2. The quantitative estimate of drug-likeness (QED) is 0.578. The van der Waals surface area contributed by atoms with Crippen molar-refractivity contribution < 1.29 is 9.47 Å². The van der Waals surface area contributed by atoms with E-state index >= 15 is 0 Å². The number of hydrogen-bond acceptors (Lipinski definition) is 3. The van der Waals surface area contributed by atoms with Gasteiger partial charge in [0, 0.05) is 23.9 Å². The first-order chi connectivity index (χ1) is 7.27. The van der Waals surface area contributed by atoms with Gasteiger partial charge in [0.05, 0.1) is 13.7 Å². The van der Waals surface area contributed by atoms with Gasteiger partial charge in [0.2, 0.25) is 0 Å². The van der Waals surface area contributed by atoms with Crippen molar-refractivity contribution in [2.24, 2.45) is 0 Å². The van der Waals surface area contributed by atoms with E-state index < -0.39 is 0 Å². The Balaban J connectivity index is 2.52. The van der Waals surface area contributed by atoms with Gasteiger partial charge in [-0.1, -0.05) is 19.4 Å². The molecule has 84 valence electrons. The Hall–Kier alpha value is -1.22. The maximum Gasteiger partial charge on any atom is 0.126 e. The van der Waals surface area contributed by atoms with Crippen LogP contribution >= 0.6 is 0 Å². The van der Waals surface area contributed by atoms with Crippen LogP contribution < -0.4 is 10.5 Å². The van der Waals surface area contributed by atoms with E-state index in [4.69, 9.17) is 15.2 Å². The molecule has 0 bridgehead atoms. The van der Waals surface area contributed by atoms with Gasteiger partial charge in [-0.25, -0.2) is 0 Å².